The van der Waals surface area contributed by atoms with Gasteiger partial charge in [0.25, 0.3) is 6.71 Å². The summed E-state index contributed by atoms with van der Waals surface area (Å²) in [5.41, 5.74) is 11.2. The number of hydrogen-bond donors (Lipinski definition) is 1. The van der Waals surface area contributed by atoms with Gasteiger partial charge in [-0.2, -0.15) is 0 Å². The van der Waals surface area contributed by atoms with Crippen LogP contribution in [0.15, 0.2) is 97.1 Å². The van der Waals surface area contributed by atoms with Crippen molar-refractivity contribution in [3.63, 3.8) is 0 Å². The van der Waals surface area contributed by atoms with E-state index in [4.69, 9.17) is 0 Å². The Balaban J connectivity index is 1.62. The van der Waals surface area contributed by atoms with Crippen LogP contribution in [0.2, 0.25) is 0 Å². The number of phenolic OH excluding ortho intramolecular Hbond substituents is 1. The van der Waals surface area contributed by atoms with Gasteiger partial charge in [0, 0.05) is 38.4 Å². The molecular weight excluding hydrogens is 415 g/mol. The van der Waals surface area contributed by atoms with Gasteiger partial charge in [-0.15, -0.1) is 0 Å². The van der Waals surface area contributed by atoms with E-state index in [0.717, 1.165) is 11.2 Å². The number of aromatic nitrogens is 2. The van der Waals surface area contributed by atoms with Crippen LogP contribution in [0.5, 0.6) is 5.75 Å². The van der Waals surface area contributed by atoms with E-state index in [1.54, 1.807) is 0 Å². The zero-order valence-corrected chi connectivity index (χ0v) is 18.2. The van der Waals surface area contributed by atoms with Crippen molar-refractivity contribution < 1.29 is 5.11 Å². The van der Waals surface area contributed by atoms with Crippen LogP contribution in [-0.2, 0) is 0 Å². The summed E-state index contributed by atoms with van der Waals surface area (Å²) >= 11 is 0. The van der Waals surface area contributed by atoms with E-state index in [2.05, 4.69) is 94.1 Å². The molecule has 156 valence electrons. The molecule has 4 heteroatoms. The van der Waals surface area contributed by atoms with Crippen molar-refractivity contribution in [1.29, 1.82) is 0 Å². The molecule has 0 atom stereocenters. The Hall–Kier alpha value is -4.44. The molecule has 2 aromatic heterocycles. The predicted molar refractivity (Wildman–Crippen MR) is 141 cm³/mol. The summed E-state index contributed by atoms with van der Waals surface area (Å²) in [6.07, 6.45) is 0. The predicted octanol–water partition coefficient (Wildman–Crippen LogP) is 4.73. The molecule has 0 amide bonds. The second-order valence-electron chi connectivity index (χ2n) is 9.52. The van der Waals surface area contributed by atoms with Gasteiger partial charge in [-0.3, -0.25) is 0 Å². The molecule has 5 aromatic carbocycles. The summed E-state index contributed by atoms with van der Waals surface area (Å²) in [5.74, 6) is 0.311. The number of nitrogens with zero attached hydrogens (tertiary/aromatic N) is 2. The molecule has 7 aromatic rings. The maximum atomic E-state index is 10.6. The molecule has 2 aliphatic rings. The standard InChI is InChI=1S/C30H17BN2O/c34-17-12-14-26-23(16-17)31-22-9-5-8-20-18-6-1-4-11-25(18)33(29(20)22)27-15-13-21-19-7-2-3-10-24(19)32(26)30(21)28(27)31/h1-16,34H. The molecule has 9 rings (SSSR count). The molecule has 4 heterocycles. The Kier molecular flexibility index (Phi) is 2.79. The fraction of sp³-hybridized carbons (Fsp3) is 0. The van der Waals surface area contributed by atoms with Crippen LogP contribution in [0.1, 0.15) is 0 Å². The smallest absolute Gasteiger partial charge is 0.252 e. The van der Waals surface area contributed by atoms with Gasteiger partial charge in [0.1, 0.15) is 5.75 Å². The Morgan fingerprint density at radius 1 is 0.529 bits per heavy atom. The molecule has 0 bridgehead atoms. The Morgan fingerprint density at radius 3 is 1.97 bits per heavy atom. The highest BCUT2D eigenvalue weighted by Crippen LogP contribution is 2.39. The van der Waals surface area contributed by atoms with Gasteiger partial charge >= 0.3 is 0 Å². The normalized spacial score (nSPS) is 13.4. The average molecular weight is 432 g/mol. The molecular formula is C30H17BN2O. The van der Waals surface area contributed by atoms with Gasteiger partial charge in [0.05, 0.1) is 16.6 Å². The summed E-state index contributed by atoms with van der Waals surface area (Å²) in [6.45, 7) is 0.0677. The van der Waals surface area contributed by atoms with Crippen molar-refractivity contribution >= 4 is 66.7 Å². The molecule has 0 saturated heterocycles. The van der Waals surface area contributed by atoms with Crippen molar-refractivity contribution in [2.75, 3.05) is 0 Å². The maximum absolute atomic E-state index is 10.6. The monoisotopic (exact) mass is 432 g/mol. The molecule has 0 saturated carbocycles. The highest BCUT2D eigenvalue weighted by molar-refractivity contribution is 7.00. The number of hydrogen-bond acceptors (Lipinski definition) is 1. The second-order valence-corrected chi connectivity index (χ2v) is 9.52. The van der Waals surface area contributed by atoms with Crippen molar-refractivity contribution in [2.24, 2.45) is 0 Å². The van der Waals surface area contributed by atoms with E-state index in [9.17, 15) is 5.11 Å². The first-order chi connectivity index (χ1) is 16.8. The van der Waals surface area contributed by atoms with Gasteiger partial charge in [-0.25, -0.2) is 0 Å². The van der Waals surface area contributed by atoms with Crippen LogP contribution < -0.4 is 16.4 Å². The summed E-state index contributed by atoms with van der Waals surface area (Å²) in [5, 5.41) is 15.7. The number of benzene rings is 5. The van der Waals surface area contributed by atoms with Crippen molar-refractivity contribution in [2.45, 2.75) is 0 Å². The van der Waals surface area contributed by atoms with Gasteiger partial charge in [-0.05, 0) is 52.8 Å². The van der Waals surface area contributed by atoms with E-state index in [1.807, 2.05) is 12.1 Å². The van der Waals surface area contributed by atoms with Crippen molar-refractivity contribution in [3.8, 4) is 17.1 Å². The zero-order valence-electron chi connectivity index (χ0n) is 18.2. The maximum Gasteiger partial charge on any atom is 0.252 e. The summed E-state index contributed by atoms with van der Waals surface area (Å²) in [6, 6.07) is 34.5. The quantitative estimate of drug-likeness (QED) is 0.345. The minimum absolute atomic E-state index is 0.0677. The SMILES string of the molecule is Oc1ccc2c(c1)B1c3cccc4c5ccccc5n(c34)-c3ccc4c5ccccc5n-2c4c31. The van der Waals surface area contributed by atoms with Gasteiger partial charge in [-0.1, -0.05) is 60.7 Å². The van der Waals surface area contributed by atoms with Crippen LogP contribution in [0.4, 0.5) is 0 Å². The van der Waals surface area contributed by atoms with E-state index >= 15 is 0 Å². The summed E-state index contributed by atoms with van der Waals surface area (Å²) in [7, 11) is 0. The average Bonchev–Trinajstić information content (AvgIpc) is 3.40. The lowest BCUT2D eigenvalue weighted by Gasteiger charge is -2.33. The lowest BCUT2D eigenvalue weighted by Crippen LogP contribution is -2.59. The van der Waals surface area contributed by atoms with Crippen molar-refractivity contribution in [1.82, 2.24) is 9.13 Å². The van der Waals surface area contributed by atoms with E-state index in [0.29, 0.717) is 5.75 Å². The fourth-order valence-corrected chi connectivity index (χ4v) is 6.79. The van der Waals surface area contributed by atoms with Crippen LogP contribution in [-0.4, -0.2) is 21.0 Å². The number of phenols is 1. The van der Waals surface area contributed by atoms with Crippen molar-refractivity contribution in [3.05, 3.63) is 97.1 Å². The first-order valence-electron chi connectivity index (χ1n) is 11.7. The topological polar surface area (TPSA) is 30.1 Å². The molecule has 34 heavy (non-hydrogen) atoms. The number of para-hydroxylation sites is 3. The highest BCUT2D eigenvalue weighted by atomic mass is 16.3. The van der Waals surface area contributed by atoms with Crippen LogP contribution in [0.3, 0.4) is 0 Å². The van der Waals surface area contributed by atoms with Gasteiger partial charge in [0.2, 0.25) is 0 Å². The largest absolute Gasteiger partial charge is 0.508 e. The lowest BCUT2D eigenvalue weighted by atomic mass is 9.34. The number of rotatable bonds is 0. The summed E-state index contributed by atoms with van der Waals surface area (Å²) < 4.78 is 4.87. The molecule has 0 fully saturated rings. The third-order valence-electron chi connectivity index (χ3n) is 7.98. The molecule has 1 N–H and O–H groups in total. The zero-order chi connectivity index (χ0) is 22.1. The minimum Gasteiger partial charge on any atom is -0.508 e. The number of fused-ring (bicyclic) bond motifs is 11. The molecule has 3 nitrogen and oxygen atoms in total. The Labute approximate surface area is 195 Å². The van der Waals surface area contributed by atoms with E-state index in [1.165, 1.54) is 60.2 Å². The van der Waals surface area contributed by atoms with Crippen LogP contribution >= 0.6 is 0 Å². The fourth-order valence-electron chi connectivity index (χ4n) is 6.79. The molecule has 0 aliphatic carbocycles. The molecule has 0 unspecified atom stereocenters. The van der Waals surface area contributed by atoms with E-state index in [-0.39, 0.29) is 6.71 Å². The minimum atomic E-state index is 0.0677. The highest BCUT2D eigenvalue weighted by Gasteiger charge is 2.40. The second kappa shape index (κ2) is 5.54. The molecule has 0 radical (unpaired) electrons. The van der Waals surface area contributed by atoms with Gasteiger partial charge < -0.3 is 14.2 Å². The molecule has 0 spiro atoms. The third kappa shape index (κ3) is 1.75. The Bertz CT molecular complexity index is 2050. The Morgan fingerprint density at radius 2 is 1.18 bits per heavy atom. The van der Waals surface area contributed by atoms with Crippen LogP contribution in [0, 0.1) is 0 Å². The van der Waals surface area contributed by atoms with E-state index < -0.39 is 0 Å². The number of aromatic hydroxyl groups is 1. The van der Waals surface area contributed by atoms with Crippen LogP contribution in [0.25, 0.3) is 55.0 Å². The first-order valence-corrected chi connectivity index (χ1v) is 11.7. The summed E-state index contributed by atoms with van der Waals surface area (Å²) in [4.78, 5) is 0. The first kappa shape index (κ1) is 17.1. The lowest BCUT2D eigenvalue weighted by molar-refractivity contribution is 0.476. The molecule has 2 aliphatic heterocycles. The van der Waals surface area contributed by atoms with Gasteiger partial charge in [0.15, 0.2) is 0 Å². The third-order valence-corrected chi connectivity index (χ3v) is 7.98.